The standard InChI is InChI=1S/C15H26N2O2/c1-17(11-12-7-5-6-10-14(12)18)15(19)16-13-8-3-2-4-9-13/h2-3,12-14,18H,4-11H2,1H3,(H,16,19). The van der Waals surface area contributed by atoms with Gasteiger partial charge in [-0.25, -0.2) is 4.79 Å². The Bertz CT molecular complexity index is 330. The highest BCUT2D eigenvalue weighted by atomic mass is 16.3. The van der Waals surface area contributed by atoms with E-state index < -0.39 is 0 Å². The Hall–Kier alpha value is -1.03. The van der Waals surface area contributed by atoms with Gasteiger partial charge in [0.15, 0.2) is 0 Å². The van der Waals surface area contributed by atoms with Crippen molar-refractivity contribution in [2.75, 3.05) is 13.6 Å². The van der Waals surface area contributed by atoms with Gasteiger partial charge in [-0.2, -0.15) is 0 Å². The highest BCUT2D eigenvalue weighted by molar-refractivity contribution is 5.74. The maximum Gasteiger partial charge on any atom is 0.317 e. The lowest BCUT2D eigenvalue weighted by Gasteiger charge is -2.32. The fourth-order valence-electron chi connectivity index (χ4n) is 3.05. The maximum atomic E-state index is 12.1. The first-order chi connectivity index (χ1) is 9.16. The molecule has 2 aliphatic rings. The third-order valence-electron chi connectivity index (χ3n) is 4.32. The normalized spacial score (nSPS) is 30.9. The van der Waals surface area contributed by atoms with Crippen LogP contribution in [0.2, 0.25) is 0 Å². The van der Waals surface area contributed by atoms with Crippen LogP contribution in [0.4, 0.5) is 4.79 Å². The molecule has 0 aromatic carbocycles. The van der Waals surface area contributed by atoms with Gasteiger partial charge in [-0.1, -0.05) is 25.0 Å². The molecule has 3 atom stereocenters. The fraction of sp³-hybridized carbons (Fsp3) is 0.800. The Morgan fingerprint density at radius 1 is 1.32 bits per heavy atom. The second kappa shape index (κ2) is 6.94. The molecule has 0 bridgehead atoms. The van der Waals surface area contributed by atoms with Crippen LogP contribution in [0.5, 0.6) is 0 Å². The lowest BCUT2D eigenvalue weighted by Crippen LogP contribution is -2.46. The largest absolute Gasteiger partial charge is 0.393 e. The minimum atomic E-state index is -0.235. The first kappa shape index (κ1) is 14.4. The molecule has 4 heteroatoms. The summed E-state index contributed by atoms with van der Waals surface area (Å²) in [5, 5.41) is 13.0. The number of hydrogen-bond donors (Lipinski definition) is 2. The summed E-state index contributed by atoms with van der Waals surface area (Å²) >= 11 is 0. The van der Waals surface area contributed by atoms with E-state index in [-0.39, 0.29) is 24.1 Å². The van der Waals surface area contributed by atoms with Crippen LogP contribution in [-0.2, 0) is 0 Å². The van der Waals surface area contributed by atoms with Crippen molar-refractivity contribution in [3.8, 4) is 0 Å². The smallest absolute Gasteiger partial charge is 0.317 e. The van der Waals surface area contributed by atoms with Crippen molar-refractivity contribution in [2.45, 2.75) is 57.1 Å². The fourth-order valence-corrected chi connectivity index (χ4v) is 3.05. The third kappa shape index (κ3) is 4.23. The lowest BCUT2D eigenvalue weighted by molar-refractivity contribution is 0.0562. The Balaban J connectivity index is 1.76. The Labute approximate surface area is 115 Å². The zero-order valence-electron chi connectivity index (χ0n) is 11.8. The molecule has 1 fully saturated rings. The number of urea groups is 1. The molecule has 2 rings (SSSR count). The molecule has 0 heterocycles. The predicted molar refractivity (Wildman–Crippen MR) is 75.9 cm³/mol. The van der Waals surface area contributed by atoms with Gasteiger partial charge in [0.2, 0.25) is 0 Å². The Kier molecular flexibility index (Phi) is 5.25. The monoisotopic (exact) mass is 266 g/mol. The van der Waals surface area contributed by atoms with E-state index in [0.717, 1.165) is 38.5 Å². The Morgan fingerprint density at radius 2 is 2.11 bits per heavy atom. The molecular weight excluding hydrogens is 240 g/mol. The quantitative estimate of drug-likeness (QED) is 0.770. The highest BCUT2D eigenvalue weighted by Gasteiger charge is 2.26. The molecule has 0 aliphatic heterocycles. The van der Waals surface area contributed by atoms with Crippen molar-refractivity contribution in [1.82, 2.24) is 10.2 Å². The summed E-state index contributed by atoms with van der Waals surface area (Å²) in [5.74, 6) is 0.246. The number of carbonyl (C=O) groups is 1. The van der Waals surface area contributed by atoms with Gasteiger partial charge in [-0.05, 0) is 32.1 Å². The number of hydrogen-bond acceptors (Lipinski definition) is 2. The van der Waals surface area contributed by atoms with Gasteiger partial charge in [-0.3, -0.25) is 0 Å². The van der Waals surface area contributed by atoms with Crippen LogP contribution in [0.1, 0.15) is 44.9 Å². The van der Waals surface area contributed by atoms with Crippen LogP contribution in [-0.4, -0.2) is 41.8 Å². The van der Waals surface area contributed by atoms with Crippen molar-refractivity contribution in [1.29, 1.82) is 0 Å². The number of carbonyl (C=O) groups excluding carboxylic acids is 1. The summed E-state index contributed by atoms with van der Waals surface area (Å²) in [4.78, 5) is 13.8. The number of amides is 2. The summed E-state index contributed by atoms with van der Waals surface area (Å²) in [5.41, 5.74) is 0. The van der Waals surface area contributed by atoms with Gasteiger partial charge in [0.05, 0.1) is 6.10 Å². The van der Waals surface area contributed by atoms with E-state index in [1.165, 1.54) is 6.42 Å². The van der Waals surface area contributed by atoms with Crippen LogP contribution in [0.15, 0.2) is 12.2 Å². The molecule has 2 N–H and O–H groups in total. The molecule has 0 aromatic heterocycles. The minimum absolute atomic E-state index is 0.00178. The van der Waals surface area contributed by atoms with E-state index in [0.29, 0.717) is 6.54 Å². The molecule has 2 amide bonds. The first-order valence-corrected chi connectivity index (χ1v) is 7.51. The van der Waals surface area contributed by atoms with Crippen molar-refractivity contribution < 1.29 is 9.90 Å². The van der Waals surface area contributed by atoms with E-state index in [1.54, 1.807) is 4.90 Å². The number of nitrogens with one attached hydrogen (secondary N) is 1. The van der Waals surface area contributed by atoms with E-state index >= 15 is 0 Å². The number of allylic oxidation sites excluding steroid dienone is 1. The zero-order valence-corrected chi connectivity index (χ0v) is 11.8. The van der Waals surface area contributed by atoms with Gasteiger partial charge < -0.3 is 15.3 Å². The van der Waals surface area contributed by atoms with Crippen LogP contribution in [0.3, 0.4) is 0 Å². The topological polar surface area (TPSA) is 52.6 Å². The molecule has 1 saturated carbocycles. The van der Waals surface area contributed by atoms with Gasteiger partial charge in [0.1, 0.15) is 0 Å². The molecule has 0 spiro atoms. The lowest BCUT2D eigenvalue weighted by atomic mass is 9.86. The van der Waals surface area contributed by atoms with E-state index in [9.17, 15) is 9.90 Å². The summed E-state index contributed by atoms with van der Waals surface area (Å²) in [7, 11) is 1.83. The summed E-state index contributed by atoms with van der Waals surface area (Å²) in [6, 6.07) is 0.273. The minimum Gasteiger partial charge on any atom is -0.393 e. The molecule has 0 aromatic rings. The van der Waals surface area contributed by atoms with Crippen LogP contribution in [0.25, 0.3) is 0 Å². The van der Waals surface area contributed by atoms with E-state index in [2.05, 4.69) is 17.5 Å². The number of nitrogens with zero attached hydrogens (tertiary/aromatic N) is 1. The molecule has 0 radical (unpaired) electrons. The molecule has 4 nitrogen and oxygen atoms in total. The second-order valence-electron chi connectivity index (χ2n) is 5.92. The summed E-state index contributed by atoms with van der Waals surface area (Å²) in [6.45, 7) is 0.662. The van der Waals surface area contributed by atoms with Crippen molar-refractivity contribution in [3.63, 3.8) is 0 Å². The van der Waals surface area contributed by atoms with Crippen LogP contribution in [0, 0.1) is 5.92 Å². The van der Waals surface area contributed by atoms with Gasteiger partial charge in [0.25, 0.3) is 0 Å². The van der Waals surface area contributed by atoms with Crippen LogP contribution >= 0.6 is 0 Å². The molecular formula is C15H26N2O2. The predicted octanol–water partition coefficient (Wildman–Crippen LogP) is 2.29. The van der Waals surface area contributed by atoms with Gasteiger partial charge in [-0.15, -0.1) is 0 Å². The van der Waals surface area contributed by atoms with E-state index in [4.69, 9.17) is 0 Å². The summed E-state index contributed by atoms with van der Waals surface area (Å²) in [6.07, 6.45) is 11.3. The Morgan fingerprint density at radius 3 is 2.79 bits per heavy atom. The van der Waals surface area contributed by atoms with Crippen molar-refractivity contribution >= 4 is 6.03 Å². The van der Waals surface area contributed by atoms with Gasteiger partial charge >= 0.3 is 6.03 Å². The SMILES string of the molecule is CN(CC1CCCCC1O)C(=O)NC1CC=CCC1. The number of aliphatic hydroxyl groups is 1. The number of rotatable bonds is 3. The first-order valence-electron chi connectivity index (χ1n) is 7.51. The average molecular weight is 266 g/mol. The molecule has 2 aliphatic carbocycles. The van der Waals surface area contributed by atoms with Crippen LogP contribution < -0.4 is 5.32 Å². The van der Waals surface area contributed by atoms with Crippen molar-refractivity contribution in [3.05, 3.63) is 12.2 Å². The maximum absolute atomic E-state index is 12.1. The molecule has 108 valence electrons. The zero-order chi connectivity index (χ0) is 13.7. The molecule has 0 saturated heterocycles. The highest BCUT2D eigenvalue weighted by Crippen LogP contribution is 2.24. The summed E-state index contributed by atoms with van der Waals surface area (Å²) < 4.78 is 0. The number of aliphatic hydroxyl groups excluding tert-OH is 1. The second-order valence-corrected chi connectivity index (χ2v) is 5.92. The third-order valence-corrected chi connectivity index (χ3v) is 4.32. The molecule has 19 heavy (non-hydrogen) atoms. The van der Waals surface area contributed by atoms with E-state index in [1.807, 2.05) is 7.05 Å². The molecule has 3 unspecified atom stereocenters. The van der Waals surface area contributed by atoms with Crippen molar-refractivity contribution in [2.24, 2.45) is 5.92 Å². The average Bonchev–Trinajstić information content (AvgIpc) is 2.42. The van der Waals surface area contributed by atoms with Gasteiger partial charge in [0, 0.05) is 25.6 Å².